The summed E-state index contributed by atoms with van der Waals surface area (Å²) < 4.78 is 1.03. The number of phenols is 1. The number of halogens is 1. The minimum atomic E-state index is -0.190. The fourth-order valence-corrected chi connectivity index (χ4v) is 2.83. The first-order valence-electron chi connectivity index (χ1n) is 7.99. The van der Waals surface area contributed by atoms with Gasteiger partial charge in [-0.25, -0.2) is 4.98 Å². The molecule has 0 unspecified atom stereocenters. The lowest BCUT2D eigenvalue weighted by Gasteiger charge is -2.08. The number of rotatable bonds is 6. The van der Waals surface area contributed by atoms with Crippen LogP contribution in [-0.4, -0.2) is 29.1 Å². The average molecular weight is 400 g/mol. The highest BCUT2D eigenvalue weighted by atomic mass is 79.9. The summed E-state index contributed by atoms with van der Waals surface area (Å²) in [5, 5.41) is 16.6. The number of carbonyl (C=O) groups excluding carboxylic acids is 1. The van der Waals surface area contributed by atoms with Gasteiger partial charge in [0, 0.05) is 28.5 Å². The predicted molar refractivity (Wildman–Crippen MR) is 103 cm³/mol. The van der Waals surface area contributed by atoms with Gasteiger partial charge in [-0.2, -0.15) is 0 Å². The maximum Gasteiger partial charge on any atom is 0.251 e. The van der Waals surface area contributed by atoms with Crippen LogP contribution in [0.1, 0.15) is 16.8 Å². The molecule has 0 bridgehead atoms. The number of nitrogens with one attached hydrogen (secondary N) is 2. The van der Waals surface area contributed by atoms with Gasteiger partial charge >= 0.3 is 0 Å². The summed E-state index contributed by atoms with van der Waals surface area (Å²) in [6, 6.07) is 16.2. The molecule has 5 nitrogen and oxygen atoms in total. The normalized spacial score (nSPS) is 10.6. The number of hydrogen-bond acceptors (Lipinski definition) is 4. The number of benzene rings is 2. The summed E-state index contributed by atoms with van der Waals surface area (Å²) in [5.74, 6) is 0.711. The van der Waals surface area contributed by atoms with E-state index in [9.17, 15) is 9.90 Å². The second-order valence-corrected chi connectivity index (χ2v) is 6.54. The first kappa shape index (κ1) is 17.2. The monoisotopic (exact) mass is 399 g/mol. The minimum Gasteiger partial charge on any atom is -0.508 e. The van der Waals surface area contributed by atoms with Gasteiger partial charge in [-0.1, -0.05) is 22.0 Å². The van der Waals surface area contributed by atoms with Crippen LogP contribution in [0.2, 0.25) is 0 Å². The van der Waals surface area contributed by atoms with E-state index >= 15 is 0 Å². The Morgan fingerprint density at radius 3 is 2.80 bits per heavy atom. The van der Waals surface area contributed by atoms with E-state index in [1.54, 1.807) is 12.1 Å². The molecule has 0 atom stereocenters. The van der Waals surface area contributed by atoms with Gasteiger partial charge in [-0.15, -0.1) is 0 Å². The number of phenolic OH excluding ortho intramolecular Hbond substituents is 1. The van der Waals surface area contributed by atoms with Crippen molar-refractivity contribution < 1.29 is 9.90 Å². The van der Waals surface area contributed by atoms with Gasteiger partial charge < -0.3 is 15.7 Å². The van der Waals surface area contributed by atoms with Gasteiger partial charge in [-0.3, -0.25) is 4.79 Å². The fraction of sp³-hybridized carbons (Fsp3) is 0.158. The molecule has 3 N–H and O–H groups in total. The molecule has 128 valence electrons. The van der Waals surface area contributed by atoms with Gasteiger partial charge in [0.2, 0.25) is 0 Å². The molecule has 3 rings (SSSR count). The van der Waals surface area contributed by atoms with E-state index < -0.39 is 0 Å². The van der Waals surface area contributed by atoms with Crippen LogP contribution in [0.25, 0.3) is 10.9 Å². The first-order valence-corrected chi connectivity index (χ1v) is 8.78. The molecule has 0 saturated carbocycles. The summed E-state index contributed by atoms with van der Waals surface area (Å²) >= 11 is 3.45. The van der Waals surface area contributed by atoms with Crippen LogP contribution in [0.15, 0.2) is 59.1 Å². The standard InChI is InChI=1S/C19H18BrN3O2/c20-15-6-7-17-13(11-15)5-8-18(23-17)21-9-2-10-22-19(25)14-3-1-4-16(24)12-14/h1,3-8,11-12,24H,2,9-10H2,(H,21,23)(H,22,25). The largest absolute Gasteiger partial charge is 0.508 e. The maximum atomic E-state index is 11.9. The zero-order chi connectivity index (χ0) is 17.6. The highest BCUT2D eigenvalue weighted by Crippen LogP contribution is 2.20. The van der Waals surface area contributed by atoms with Crippen LogP contribution < -0.4 is 10.6 Å². The molecule has 6 heteroatoms. The van der Waals surface area contributed by atoms with Crippen molar-refractivity contribution in [2.24, 2.45) is 0 Å². The smallest absolute Gasteiger partial charge is 0.251 e. The number of carbonyl (C=O) groups is 1. The third-order valence-electron chi connectivity index (χ3n) is 3.70. The molecule has 0 fully saturated rings. The Hall–Kier alpha value is -2.60. The average Bonchev–Trinajstić information content (AvgIpc) is 2.61. The lowest BCUT2D eigenvalue weighted by Crippen LogP contribution is -2.25. The van der Waals surface area contributed by atoms with Crippen LogP contribution in [0.4, 0.5) is 5.82 Å². The molecule has 1 amide bonds. The molecule has 1 heterocycles. The number of hydrogen-bond donors (Lipinski definition) is 3. The number of nitrogens with zero attached hydrogens (tertiary/aromatic N) is 1. The molecule has 0 spiro atoms. The molecule has 0 aliphatic heterocycles. The van der Waals surface area contributed by atoms with E-state index in [1.807, 2.05) is 30.3 Å². The summed E-state index contributed by atoms with van der Waals surface area (Å²) in [7, 11) is 0. The molecule has 0 aliphatic rings. The Bertz CT molecular complexity index is 899. The van der Waals surface area contributed by atoms with E-state index in [2.05, 4.69) is 31.5 Å². The molecule has 1 aromatic heterocycles. The zero-order valence-electron chi connectivity index (χ0n) is 13.5. The quantitative estimate of drug-likeness (QED) is 0.548. The van der Waals surface area contributed by atoms with Crippen molar-refractivity contribution in [1.82, 2.24) is 10.3 Å². The molecule has 25 heavy (non-hydrogen) atoms. The van der Waals surface area contributed by atoms with E-state index in [0.29, 0.717) is 18.7 Å². The Kier molecular flexibility index (Phi) is 5.50. The molecule has 0 saturated heterocycles. The predicted octanol–water partition coefficient (Wildman–Crippen LogP) is 3.93. The Morgan fingerprint density at radius 2 is 1.96 bits per heavy atom. The number of pyridine rings is 1. The summed E-state index contributed by atoms with van der Waals surface area (Å²) in [6.07, 6.45) is 0.768. The van der Waals surface area contributed by atoms with E-state index in [0.717, 1.165) is 27.6 Å². The van der Waals surface area contributed by atoms with Crippen molar-refractivity contribution in [2.75, 3.05) is 18.4 Å². The number of aromatic hydroxyl groups is 1. The minimum absolute atomic E-state index is 0.0868. The fourth-order valence-electron chi connectivity index (χ4n) is 2.45. The highest BCUT2D eigenvalue weighted by molar-refractivity contribution is 9.10. The topological polar surface area (TPSA) is 74.2 Å². The summed E-state index contributed by atoms with van der Waals surface area (Å²) in [5.41, 5.74) is 1.39. The van der Waals surface area contributed by atoms with Gasteiger partial charge in [-0.05, 0) is 55.0 Å². The maximum absolute atomic E-state index is 11.9. The van der Waals surface area contributed by atoms with Gasteiger partial charge in [0.25, 0.3) is 5.91 Å². The number of amides is 1. The third kappa shape index (κ3) is 4.70. The van der Waals surface area contributed by atoms with Gasteiger partial charge in [0.05, 0.1) is 5.52 Å². The number of aromatic nitrogens is 1. The van der Waals surface area contributed by atoms with Gasteiger partial charge in [0.1, 0.15) is 11.6 Å². The lowest BCUT2D eigenvalue weighted by atomic mass is 10.2. The molecular formula is C19H18BrN3O2. The van der Waals surface area contributed by atoms with Crippen molar-refractivity contribution in [3.63, 3.8) is 0 Å². The van der Waals surface area contributed by atoms with Crippen molar-refractivity contribution in [3.8, 4) is 5.75 Å². The molecule has 2 aromatic carbocycles. The van der Waals surface area contributed by atoms with E-state index in [4.69, 9.17) is 0 Å². The Morgan fingerprint density at radius 1 is 1.08 bits per heavy atom. The van der Waals surface area contributed by atoms with Crippen LogP contribution >= 0.6 is 15.9 Å². The lowest BCUT2D eigenvalue weighted by molar-refractivity contribution is 0.0953. The highest BCUT2D eigenvalue weighted by Gasteiger charge is 2.05. The van der Waals surface area contributed by atoms with Crippen molar-refractivity contribution in [1.29, 1.82) is 0 Å². The Balaban J connectivity index is 1.45. The molecule has 0 aliphatic carbocycles. The zero-order valence-corrected chi connectivity index (χ0v) is 15.1. The molecule has 3 aromatic rings. The first-order chi connectivity index (χ1) is 12.1. The van der Waals surface area contributed by atoms with Crippen molar-refractivity contribution in [3.05, 3.63) is 64.6 Å². The van der Waals surface area contributed by atoms with Crippen LogP contribution in [0.3, 0.4) is 0 Å². The summed E-state index contributed by atoms with van der Waals surface area (Å²) in [4.78, 5) is 16.5. The van der Waals surface area contributed by atoms with Crippen LogP contribution in [0, 0.1) is 0 Å². The number of anilines is 1. The second kappa shape index (κ2) is 7.98. The summed E-state index contributed by atoms with van der Waals surface area (Å²) in [6.45, 7) is 1.25. The second-order valence-electron chi connectivity index (χ2n) is 5.62. The third-order valence-corrected chi connectivity index (χ3v) is 4.20. The van der Waals surface area contributed by atoms with E-state index in [1.165, 1.54) is 12.1 Å². The van der Waals surface area contributed by atoms with Gasteiger partial charge in [0.15, 0.2) is 0 Å². The molecular weight excluding hydrogens is 382 g/mol. The van der Waals surface area contributed by atoms with Crippen molar-refractivity contribution in [2.45, 2.75) is 6.42 Å². The van der Waals surface area contributed by atoms with Crippen LogP contribution in [-0.2, 0) is 0 Å². The number of fused-ring (bicyclic) bond motifs is 1. The SMILES string of the molecule is O=C(NCCCNc1ccc2cc(Br)ccc2n1)c1cccc(O)c1. The van der Waals surface area contributed by atoms with Crippen LogP contribution in [0.5, 0.6) is 5.75 Å². The Labute approximate surface area is 154 Å². The molecule has 0 radical (unpaired) electrons. The van der Waals surface area contributed by atoms with Crippen molar-refractivity contribution >= 4 is 38.6 Å². The van der Waals surface area contributed by atoms with E-state index in [-0.39, 0.29) is 11.7 Å².